The lowest BCUT2D eigenvalue weighted by Gasteiger charge is -2.13. The van der Waals surface area contributed by atoms with Crippen LogP contribution in [-0.4, -0.2) is 33.0 Å². The number of nitrogens with one attached hydrogen (secondary N) is 3. The van der Waals surface area contributed by atoms with E-state index in [9.17, 15) is 9.59 Å². The summed E-state index contributed by atoms with van der Waals surface area (Å²) in [7, 11) is 0. The van der Waals surface area contributed by atoms with Gasteiger partial charge in [-0.1, -0.05) is 6.07 Å². The zero-order chi connectivity index (χ0) is 19.1. The van der Waals surface area contributed by atoms with Crippen LogP contribution in [0.25, 0.3) is 10.9 Å². The molecule has 1 aliphatic carbocycles. The Hall–Kier alpha value is -2.93. The summed E-state index contributed by atoms with van der Waals surface area (Å²) in [5.74, 6) is 0.150. The number of nitrogens with zero attached hydrogens (tertiary/aromatic N) is 2. The van der Waals surface area contributed by atoms with Gasteiger partial charge in [0.05, 0.1) is 23.6 Å². The van der Waals surface area contributed by atoms with E-state index in [0.29, 0.717) is 19.3 Å². The second-order valence-corrected chi connectivity index (χ2v) is 7.59. The number of hydrogen-bond donors (Lipinski definition) is 3. The minimum absolute atomic E-state index is 0.0316. The predicted molar refractivity (Wildman–Crippen MR) is 106 cm³/mol. The molecule has 0 bridgehead atoms. The highest BCUT2D eigenvalue weighted by atomic mass is 16.1. The first-order chi connectivity index (χ1) is 13.7. The number of aromatic amines is 1. The lowest BCUT2D eigenvalue weighted by atomic mass is 9.95. The van der Waals surface area contributed by atoms with Gasteiger partial charge in [-0.15, -0.1) is 0 Å². The molecule has 0 spiro atoms. The second kappa shape index (κ2) is 6.91. The summed E-state index contributed by atoms with van der Waals surface area (Å²) in [4.78, 5) is 27.7. The Labute approximate surface area is 162 Å². The largest absolute Gasteiger partial charge is 0.352 e. The van der Waals surface area contributed by atoms with E-state index in [2.05, 4.69) is 26.8 Å². The Bertz CT molecular complexity index is 1050. The van der Waals surface area contributed by atoms with Crippen LogP contribution < -0.4 is 10.6 Å². The Balaban J connectivity index is 1.26. The molecule has 0 saturated heterocycles. The van der Waals surface area contributed by atoms with Crippen molar-refractivity contribution in [2.75, 3.05) is 11.9 Å². The van der Waals surface area contributed by atoms with Crippen molar-refractivity contribution in [3.05, 3.63) is 46.9 Å². The highest BCUT2D eigenvalue weighted by Gasteiger charge is 2.22. The van der Waals surface area contributed by atoms with Gasteiger partial charge in [-0.2, -0.15) is 5.10 Å². The summed E-state index contributed by atoms with van der Waals surface area (Å²) in [5.41, 5.74) is 5.65. The molecule has 28 heavy (non-hydrogen) atoms. The first-order valence-corrected chi connectivity index (χ1v) is 9.91. The zero-order valence-electron chi connectivity index (χ0n) is 15.7. The number of aryl methyl sites for hydroxylation is 2. The van der Waals surface area contributed by atoms with Crippen molar-refractivity contribution in [3.63, 3.8) is 0 Å². The molecule has 2 aromatic heterocycles. The van der Waals surface area contributed by atoms with Crippen LogP contribution in [-0.2, 0) is 30.7 Å². The lowest BCUT2D eigenvalue weighted by molar-refractivity contribution is -0.116. The number of carbonyl (C=O) groups is 2. The maximum absolute atomic E-state index is 12.4. The maximum atomic E-state index is 12.4. The van der Waals surface area contributed by atoms with Gasteiger partial charge >= 0.3 is 0 Å². The summed E-state index contributed by atoms with van der Waals surface area (Å²) in [5, 5.41) is 11.9. The van der Waals surface area contributed by atoms with Crippen molar-refractivity contribution in [3.8, 4) is 0 Å². The molecule has 3 N–H and O–H groups in total. The summed E-state index contributed by atoms with van der Waals surface area (Å²) >= 11 is 0. The molecule has 1 amide bonds. The maximum Gasteiger partial charge on any atom is 0.224 e. The van der Waals surface area contributed by atoms with Gasteiger partial charge in [0.25, 0.3) is 0 Å². The first-order valence-electron chi connectivity index (χ1n) is 9.91. The van der Waals surface area contributed by atoms with Crippen molar-refractivity contribution in [2.45, 2.75) is 45.2 Å². The van der Waals surface area contributed by atoms with E-state index in [0.717, 1.165) is 66.0 Å². The number of Topliss-reactive ketones (excluding diaryl/α,β-unsaturated/α-hetero) is 1. The third-order valence-corrected chi connectivity index (χ3v) is 5.63. The predicted octanol–water partition coefficient (Wildman–Crippen LogP) is 2.56. The molecular formula is C21H23N5O2. The van der Waals surface area contributed by atoms with Crippen LogP contribution >= 0.6 is 0 Å². The Kier molecular flexibility index (Phi) is 4.24. The van der Waals surface area contributed by atoms with Crippen molar-refractivity contribution in [1.82, 2.24) is 20.1 Å². The molecule has 0 radical (unpaired) electrons. The van der Waals surface area contributed by atoms with Crippen molar-refractivity contribution in [1.29, 1.82) is 0 Å². The number of rotatable bonds is 4. The van der Waals surface area contributed by atoms with Gasteiger partial charge in [0.1, 0.15) is 0 Å². The van der Waals surface area contributed by atoms with E-state index in [1.165, 1.54) is 5.69 Å². The summed E-state index contributed by atoms with van der Waals surface area (Å²) in [6.45, 7) is 2.65. The highest BCUT2D eigenvalue weighted by Crippen LogP contribution is 2.30. The van der Waals surface area contributed by atoms with Crippen molar-refractivity contribution >= 4 is 28.3 Å². The quantitative estimate of drug-likeness (QED) is 0.652. The van der Waals surface area contributed by atoms with Gasteiger partial charge in [0.15, 0.2) is 5.78 Å². The van der Waals surface area contributed by atoms with Crippen LogP contribution in [0.2, 0.25) is 0 Å². The number of benzene rings is 1. The Morgan fingerprint density at radius 1 is 1.25 bits per heavy atom. The molecule has 2 aliphatic rings. The average Bonchev–Trinajstić information content (AvgIpc) is 3.28. The van der Waals surface area contributed by atoms with Gasteiger partial charge in [0.2, 0.25) is 5.91 Å². The van der Waals surface area contributed by atoms with Gasteiger partial charge in [-0.05, 0) is 36.6 Å². The molecule has 7 nitrogen and oxygen atoms in total. The SMILES string of the molecule is O=C(CCc1cc2n(n1)CCNC2)Nc1ccc2c3c([nH]c2c1)C(=O)CCC3. The molecule has 0 atom stereocenters. The number of anilines is 1. The van der Waals surface area contributed by atoms with Crippen LogP contribution in [0, 0.1) is 0 Å². The molecule has 1 aliphatic heterocycles. The van der Waals surface area contributed by atoms with Crippen LogP contribution in [0.3, 0.4) is 0 Å². The fourth-order valence-corrected chi connectivity index (χ4v) is 4.22. The van der Waals surface area contributed by atoms with Gasteiger partial charge in [-0.3, -0.25) is 14.3 Å². The number of amides is 1. The van der Waals surface area contributed by atoms with E-state index in [1.807, 2.05) is 22.9 Å². The summed E-state index contributed by atoms with van der Waals surface area (Å²) in [6.07, 6.45) is 3.46. The third kappa shape index (κ3) is 3.11. The van der Waals surface area contributed by atoms with Crippen molar-refractivity contribution < 1.29 is 9.59 Å². The number of ketones is 1. The topological polar surface area (TPSA) is 91.8 Å². The molecule has 3 heterocycles. The van der Waals surface area contributed by atoms with E-state index >= 15 is 0 Å². The molecule has 7 heteroatoms. The van der Waals surface area contributed by atoms with E-state index in [-0.39, 0.29) is 11.7 Å². The minimum Gasteiger partial charge on any atom is -0.352 e. The number of fused-ring (bicyclic) bond motifs is 4. The summed E-state index contributed by atoms with van der Waals surface area (Å²) in [6, 6.07) is 7.90. The van der Waals surface area contributed by atoms with Crippen LogP contribution in [0.4, 0.5) is 5.69 Å². The standard InChI is InChI=1S/C21H23N5O2/c27-19-3-1-2-17-16-6-4-13(11-18(16)24-21(17)19)23-20(28)7-5-14-10-15-12-22-8-9-26(15)25-14/h4,6,10-11,22,24H,1-3,5,7-9,12H2,(H,23,28). The molecule has 0 saturated carbocycles. The smallest absolute Gasteiger partial charge is 0.224 e. The molecule has 1 aromatic carbocycles. The zero-order valence-corrected chi connectivity index (χ0v) is 15.7. The average molecular weight is 377 g/mol. The fourth-order valence-electron chi connectivity index (χ4n) is 4.22. The third-order valence-electron chi connectivity index (χ3n) is 5.63. The van der Waals surface area contributed by atoms with Crippen molar-refractivity contribution in [2.24, 2.45) is 0 Å². The lowest BCUT2D eigenvalue weighted by Crippen LogP contribution is -2.28. The number of H-pyrrole nitrogens is 1. The molecule has 5 rings (SSSR count). The van der Waals surface area contributed by atoms with Crippen LogP contribution in [0.15, 0.2) is 24.3 Å². The molecule has 144 valence electrons. The van der Waals surface area contributed by atoms with Gasteiger partial charge in [-0.25, -0.2) is 0 Å². The van der Waals surface area contributed by atoms with Gasteiger partial charge in [0, 0.05) is 48.9 Å². The minimum atomic E-state index is -0.0316. The van der Waals surface area contributed by atoms with E-state index < -0.39 is 0 Å². The highest BCUT2D eigenvalue weighted by molar-refractivity contribution is 6.04. The molecule has 0 fully saturated rings. The number of hydrogen-bond acceptors (Lipinski definition) is 4. The van der Waals surface area contributed by atoms with E-state index in [1.54, 1.807) is 0 Å². The Morgan fingerprint density at radius 2 is 2.18 bits per heavy atom. The normalized spacial score (nSPS) is 16.1. The fraction of sp³-hybridized carbons (Fsp3) is 0.381. The monoisotopic (exact) mass is 377 g/mol. The van der Waals surface area contributed by atoms with Gasteiger partial charge < -0.3 is 15.6 Å². The second-order valence-electron chi connectivity index (χ2n) is 7.59. The summed E-state index contributed by atoms with van der Waals surface area (Å²) < 4.78 is 2.02. The molecule has 3 aromatic rings. The van der Waals surface area contributed by atoms with Crippen LogP contribution in [0.1, 0.15) is 46.7 Å². The first kappa shape index (κ1) is 17.2. The van der Waals surface area contributed by atoms with Crippen LogP contribution in [0.5, 0.6) is 0 Å². The van der Waals surface area contributed by atoms with E-state index in [4.69, 9.17) is 0 Å². The molecule has 0 unspecified atom stereocenters. The Morgan fingerprint density at radius 3 is 3.07 bits per heavy atom. The number of carbonyl (C=O) groups excluding carboxylic acids is 2. The number of aromatic nitrogens is 3. The molecular weight excluding hydrogens is 354 g/mol.